The molecule has 1 fully saturated rings. The molecule has 14 heteroatoms. The van der Waals surface area contributed by atoms with E-state index in [-0.39, 0.29) is 29.6 Å². The standard InChI is InChI=1S/C22H25F5N8O/c1-12-6-21(23,24)11-35(16(12)10-33-20-31-7-14(8-32-20)22(25,26)27)19(36)17(28)15(9-29-3)18-30-5-4-13(2)34-18/h4-5,7-9,12,16H,6,10-11,28H2,1-3H3,(H,31,32,33)/t12-,16?/m1/s1. The lowest BCUT2D eigenvalue weighted by Crippen LogP contribution is -2.58. The Bertz CT molecular complexity index is 1150. The maximum absolute atomic E-state index is 14.5. The van der Waals surface area contributed by atoms with E-state index in [1.54, 1.807) is 19.9 Å². The summed E-state index contributed by atoms with van der Waals surface area (Å²) >= 11 is 0. The number of halogens is 5. The molecule has 0 aliphatic carbocycles. The third kappa shape index (κ3) is 6.29. The third-order valence-corrected chi connectivity index (χ3v) is 5.60. The van der Waals surface area contributed by atoms with Crippen LogP contribution in [0.1, 0.15) is 30.4 Å². The summed E-state index contributed by atoms with van der Waals surface area (Å²) in [7, 11) is 1.45. The van der Waals surface area contributed by atoms with Gasteiger partial charge in [0.15, 0.2) is 5.82 Å². The Kier molecular flexibility index (Phi) is 7.84. The van der Waals surface area contributed by atoms with E-state index in [1.165, 1.54) is 19.5 Å². The highest BCUT2D eigenvalue weighted by molar-refractivity contribution is 6.17. The monoisotopic (exact) mass is 512 g/mol. The second kappa shape index (κ2) is 10.5. The second-order valence-corrected chi connectivity index (χ2v) is 8.45. The van der Waals surface area contributed by atoms with Crippen molar-refractivity contribution in [2.75, 3.05) is 25.5 Å². The molecule has 3 N–H and O–H groups in total. The Morgan fingerprint density at radius 3 is 2.56 bits per heavy atom. The van der Waals surface area contributed by atoms with Crippen LogP contribution in [0.5, 0.6) is 0 Å². The number of aliphatic imine (C=N–C) groups is 1. The molecular formula is C22H25F5N8O. The minimum Gasteiger partial charge on any atom is -0.394 e. The fourth-order valence-corrected chi connectivity index (χ4v) is 3.87. The molecule has 2 atom stereocenters. The van der Waals surface area contributed by atoms with Crippen molar-refractivity contribution >= 4 is 23.6 Å². The van der Waals surface area contributed by atoms with Crippen molar-refractivity contribution in [3.63, 3.8) is 0 Å². The van der Waals surface area contributed by atoms with E-state index in [0.717, 1.165) is 4.90 Å². The van der Waals surface area contributed by atoms with Crippen molar-refractivity contribution in [2.24, 2.45) is 16.6 Å². The highest BCUT2D eigenvalue weighted by Crippen LogP contribution is 2.35. The van der Waals surface area contributed by atoms with Gasteiger partial charge < -0.3 is 16.0 Å². The van der Waals surface area contributed by atoms with E-state index in [1.807, 2.05) is 0 Å². The van der Waals surface area contributed by atoms with E-state index >= 15 is 0 Å². The summed E-state index contributed by atoms with van der Waals surface area (Å²) < 4.78 is 67.2. The van der Waals surface area contributed by atoms with Gasteiger partial charge in [-0.1, -0.05) is 6.92 Å². The maximum Gasteiger partial charge on any atom is 0.419 e. The van der Waals surface area contributed by atoms with Crippen LogP contribution in [0.2, 0.25) is 0 Å². The van der Waals surface area contributed by atoms with Gasteiger partial charge in [0.1, 0.15) is 5.70 Å². The number of carbonyl (C=O) groups is 1. The van der Waals surface area contributed by atoms with Gasteiger partial charge in [-0.3, -0.25) is 9.79 Å². The number of nitrogens with one attached hydrogen (secondary N) is 1. The summed E-state index contributed by atoms with van der Waals surface area (Å²) in [6, 6.07) is 0.847. The number of nitrogens with zero attached hydrogens (tertiary/aromatic N) is 6. The van der Waals surface area contributed by atoms with Crippen LogP contribution < -0.4 is 11.1 Å². The molecule has 0 bridgehead atoms. The molecule has 9 nitrogen and oxygen atoms in total. The molecule has 3 heterocycles. The van der Waals surface area contributed by atoms with Crippen LogP contribution in [0.25, 0.3) is 5.57 Å². The van der Waals surface area contributed by atoms with Gasteiger partial charge in [-0.25, -0.2) is 28.7 Å². The summed E-state index contributed by atoms with van der Waals surface area (Å²) in [4.78, 5) is 33.8. The molecule has 2 aromatic rings. The summed E-state index contributed by atoms with van der Waals surface area (Å²) in [6.45, 7) is 2.26. The van der Waals surface area contributed by atoms with Crippen molar-refractivity contribution in [1.29, 1.82) is 0 Å². The molecule has 0 spiro atoms. The lowest BCUT2D eigenvalue weighted by atomic mass is 9.88. The smallest absolute Gasteiger partial charge is 0.394 e. The van der Waals surface area contributed by atoms with Gasteiger partial charge in [-0.15, -0.1) is 0 Å². The molecule has 36 heavy (non-hydrogen) atoms. The van der Waals surface area contributed by atoms with Gasteiger partial charge in [0, 0.05) is 50.5 Å². The van der Waals surface area contributed by atoms with E-state index in [4.69, 9.17) is 5.73 Å². The number of alkyl halides is 5. The quantitative estimate of drug-likeness (QED) is 0.347. The van der Waals surface area contributed by atoms with Gasteiger partial charge in [-0.05, 0) is 18.9 Å². The molecule has 0 aromatic carbocycles. The number of amides is 1. The zero-order chi connectivity index (χ0) is 26.7. The number of aryl methyl sites for hydroxylation is 1. The topological polar surface area (TPSA) is 122 Å². The fourth-order valence-electron chi connectivity index (χ4n) is 3.87. The number of hydrogen-bond acceptors (Lipinski definition) is 8. The average molecular weight is 512 g/mol. The minimum absolute atomic E-state index is 0.0746. The van der Waals surface area contributed by atoms with Crippen LogP contribution >= 0.6 is 0 Å². The molecule has 1 aliphatic rings. The third-order valence-electron chi connectivity index (χ3n) is 5.60. The number of hydrogen-bond donors (Lipinski definition) is 2. The van der Waals surface area contributed by atoms with Crippen LogP contribution in [0.4, 0.5) is 27.9 Å². The van der Waals surface area contributed by atoms with Crippen molar-refractivity contribution in [2.45, 2.75) is 38.4 Å². The number of carbonyl (C=O) groups excluding carboxylic acids is 1. The first-order valence-corrected chi connectivity index (χ1v) is 10.9. The fraction of sp³-hybridized carbons (Fsp3) is 0.455. The van der Waals surface area contributed by atoms with Crippen LogP contribution in [-0.2, 0) is 11.0 Å². The minimum atomic E-state index is -4.60. The Morgan fingerprint density at radius 2 is 1.97 bits per heavy atom. The number of anilines is 1. The summed E-state index contributed by atoms with van der Waals surface area (Å²) in [5, 5.41) is 2.73. The number of nitrogens with two attached hydrogens (primary N) is 1. The lowest BCUT2D eigenvalue weighted by Gasteiger charge is -2.43. The summed E-state index contributed by atoms with van der Waals surface area (Å²) in [5.74, 6) is -4.77. The molecular weight excluding hydrogens is 487 g/mol. The first-order chi connectivity index (χ1) is 16.8. The van der Waals surface area contributed by atoms with Crippen molar-refractivity contribution in [1.82, 2.24) is 24.8 Å². The Hall–Kier alpha value is -3.71. The molecule has 2 aromatic heterocycles. The predicted molar refractivity (Wildman–Crippen MR) is 122 cm³/mol. The van der Waals surface area contributed by atoms with E-state index in [9.17, 15) is 26.7 Å². The van der Waals surface area contributed by atoms with Crippen LogP contribution in [-0.4, -0.2) is 69.1 Å². The number of piperidine rings is 1. The number of rotatable bonds is 6. The Labute approximate surface area is 203 Å². The molecule has 1 aliphatic heterocycles. The number of aromatic nitrogens is 4. The molecule has 0 saturated carbocycles. The molecule has 1 saturated heterocycles. The second-order valence-electron chi connectivity index (χ2n) is 8.45. The van der Waals surface area contributed by atoms with Crippen molar-refractivity contribution in [3.05, 3.63) is 47.4 Å². The van der Waals surface area contributed by atoms with E-state index in [0.29, 0.717) is 18.1 Å². The van der Waals surface area contributed by atoms with Gasteiger partial charge in [-0.2, -0.15) is 13.2 Å². The van der Waals surface area contributed by atoms with Crippen LogP contribution in [0.15, 0.2) is 35.3 Å². The predicted octanol–water partition coefficient (Wildman–Crippen LogP) is 2.95. The molecule has 1 unspecified atom stereocenters. The summed E-state index contributed by atoms with van der Waals surface area (Å²) in [6.07, 6.45) is -1.14. The van der Waals surface area contributed by atoms with Crippen LogP contribution in [0.3, 0.4) is 0 Å². The Balaban J connectivity index is 1.90. The molecule has 3 rings (SSSR count). The van der Waals surface area contributed by atoms with Gasteiger partial charge >= 0.3 is 6.18 Å². The normalized spacial score (nSPS) is 20.8. The van der Waals surface area contributed by atoms with Crippen LogP contribution in [0, 0.1) is 12.8 Å². The van der Waals surface area contributed by atoms with Gasteiger partial charge in [0.2, 0.25) is 5.95 Å². The number of allylic oxidation sites excluding steroid dienone is 1. The van der Waals surface area contributed by atoms with E-state index < -0.39 is 48.5 Å². The average Bonchev–Trinajstić information content (AvgIpc) is 2.80. The molecule has 0 radical (unpaired) electrons. The van der Waals surface area contributed by atoms with E-state index in [2.05, 4.69) is 30.2 Å². The number of likely N-dealkylation sites (tertiary alicyclic amines) is 1. The van der Waals surface area contributed by atoms with Gasteiger partial charge in [0.05, 0.1) is 23.7 Å². The first kappa shape index (κ1) is 26.9. The lowest BCUT2D eigenvalue weighted by molar-refractivity contribution is -0.148. The maximum atomic E-state index is 14.5. The van der Waals surface area contributed by atoms with Gasteiger partial charge in [0.25, 0.3) is 11.8 Å². The van der Waals surface area contributed by atoms with Crippen molar-refractivity contribution < 1.29 is 26.7 Å². The molecule has 194 valence electrons. The SMILES string of the molecule is CN=CC(=C(N)C(=O)N1CC(F)(F)C[C@@H](C)C1CNc1ncc(C(F)(F)F)cn1)c1nccc(C)n1. The first-order valence-electron chi connectivity index (χ1n) is 10.9. The summed E-state index contributed by atoms with van der Waals surface area (Å²) in [5.41, 5.74) is 5.41. The Morgan fingerprint density at radius 1 is 1.31 bits per heavy atom. The molecule has 1 amide bonds. The zero-order valence-corrected chi connectivity index (χ0v) is 19.7. The highest BCUT2D eigenvalue weighted by atomic mass is 19.4. The van der Waals surface area contributed by atoms with Crippen molar-refractivity contribution in [3.8, 4) is 0 Å². The largest absolute Gasteiger partial charge is 0.419 e. The zero-order valence-electron chi connectivity index (χ0n) is 19.7. The highest BCUT2D eigenvalue weighted by Gasteiger charge is 2.46.